The lowest BCUT2D eigenvalue weighted by Crippen LogP contribution is -2.14. The molecule has 7 heteroatoms. The molecule has 0 bridgehead atoms. The Labute approximate surface area is 136 Å². The molecule has 0 aliphatic rings. The molecule has 0 radical (unpaired) electrons. The number of aromatic nitrogens is 1. The molecule has 0 saturated carbocycles. The van der Waals surface area contributed by atoms with E-state index < -0.39 is 29.4 Å². The summed E-state index contributed by atoms with van der Waals surface area (Å²) >= 11 is 5.67. The van der Waals surface area contributed by atoms with E-state index in [2.05, 4.69) is 4.98 Å². The van der Waals surface area contributed by atoms with Crippen LogP contribution in [0.25, 0.3) is 0 Å². The van der Waals surface area contributed by atoms with E-state index >= 15 is 0 Å². The van der Waals surface area contributed by atoms with Crippen molar-refractivity contribution >= 4 is 11.6 Å². The molecule has 1 N–H and O–H groups in total. The molecule has 2 rings (SSSR count). The van der Waals surface area contributed by atoms with Crippen molar-refractivity contribution in [3.05, 3.63) is 64.2 Å². The van der Waals surface area contributed by atoms with Gasteiger partial charge in [-0.1, -0.05) is 11.6 Å². The van der Waals surface area contributed by atoms with Crippen LogP contribution in [-0.4, -0.2) is 16.7 Å². The first-order valence-electron chi connectivity index (χ1n) is 6.74. The number of benzene rings is 1. The molecule has 0 amide bonds. The molecule has 0 fully saturated rings. The van der Waals surface area contributed by atoms with Crippen LogP contribution in [0.5, 0.6) is 0 Å². The van der Waals surface area contributed by atoms with Crippen LogP contribution >= 0.6 is 11.6 Å². The zero-order valence-corrected chi connectivity index (χ0v) is 12.6. The average molecular weight is 341 g/mol. The molecule has 1 heterocycles. The third-order valence-corrected chi connectivity index (χ3v) is 3.78. The van der Waals surface area contributed by atoms with E-state index in [-0.39, 0.29) is 29.2 Å². The van der Waals surface area contributed by atoms with Crippen LogP contribution in [0.3, 0.4) is 0 Å². The minimum absolute atomic E-state index is 0.0214. The third-order valence-electron chi connectivity index (χ3n) is 3.52. The molecule has 2 aromatic rings. The minimum Gasteiger partial charge on any atom is -0.396 e. The highest BCUT2D eigenvalue weighted by Gasteiger charge is 2.28. The Bertz CT molecular complexity index is 749. The number of nitriles is 1. The van der Waals surface area contributed by atoms with E-state index in [1.54, 1.807) is 0 Å². The molecular weight excluding hydrogens is 329 g/mol. The highest BCUT2D eigenvalue weighted by atomic mass is 35.5. The molecule has 0 unspecified atom stereocenters. The van der Waals surface area contributed by atoms with E-state index in [0.29, 0.717) is 0 Å². The highest BCUT2D eigenvalue weighted by molar-refractivity contribution is 6.30. The van der Waals surface area contributed by atoms with Gasteiger partial charge in [-0.2, -0.15) is 9.65 Å². The molecule has 0 aliphatic carbocycles. The fourth-order valence-electron chi connectivity index (χ4n) is 2.44. The van der Waals surface area contributed by atoms with Crippen molar-refractivity contribution in [2.45, 2.75) is 18.3 Å². The molecule has 23 heavy (non-hydrogen) atoms. The number of hydrogen-bond acceptors (Lipinski definition) is 3. The van der Waals surface area contributed by atoms with Gasteiger partial charge in [0.2, 0.25) is 5.95 Å². The maximum absolute atomic E-state index is 14.0. The Balaban J connectivity index is 2.51. The summed E-state index contributed by atoms with van der Waals surface area (Å²) in [6.45, 7) is -0.332. The summed E-state index contributed by atoms with van der Waals surface area (Å²) in [5.74, 6) is -4.03. The summed E-state index contributed by atoms with van der Waals surface area (Å²) in [6.07, 6.45) is 1.14. The minimum atomic E-state index is -0.968. The zero-order chi connectivity index (χ0) is 17.0. The number of nitrogens with zero attached hydrogens (tertiary/aromatic N) is 2. The first kappa shape index (κ1) is 17.3. The molecule has 1 aromatic heterocycles. The molecule has 2 atom stereocenters. The number of aliphatic hydroxyl groups excluding tert-OH is 1. The molecule has 0 spiro atoms. The van der Waals surface area contributed by atoms with E-state index in [1.807, 2.05) is 6.07 Å². The Morgan fingerprint density at radius 1 is 1.26 bits per heavy atom. The van der Waals surface area contributed by atoms with Crippen molar-refractivity contribution in [1.82, 2.24) is 4.98 Å². The Morgan fingerprint density at radius 2 is 2.00 bits per heavy atom. The van der Waals surface area contributed by atoms with Gasteiger partial charge < -0.3 is 5.11 Å². The largest absolute Gasteiger partial charge is 0.396 e. The number of pyridine rings is 1. The predicted molar refractivity (Wildman–Crippen MR) is 78.4 cm³/mol. The number of halogens is 4. The van der Waals surface area contributed by atoms with Gasteiger partial charge >= 0.3 is 0 Å². The van der Waals surface area contributed by atoms with Crippen molar-refractivity contribution in [2.75, 3.05) is 6.61 Å². The number of aliphatic hydroxyl groups is 1. The smallest absolute Gasteiger partial charge is 0.231 e. The van der Waals surface area contributed by atoms with Crippen molar-refractivity contribution < 1.29 is 18.3 Å². The monoisotopic (exact) mass is 340 g/mol. The summed E-state index contributed by atoms with van der Waals surface area (Å²) in [5, 5.41) is 18.4. The van der Waals surface area contributed by atoms with Crippen molar-refractivity contribution in [2.24, 2.45) is 0 Å². The second-order valence-corrected chi connectivity index (χ2v) is 5.34. The topological polar surface area (TPSA) is 56.9 Å². The second kappa shape index (κ2) is 7.44. The van der Waals surface area contributed by atoms with Gasteiger partial charge in [-0.05, 0) is 41.8 Å². The summed E-state index contributed by atoms with van der Waals surface area (Å²) in [7, 11) is 0. The maximum atomic E-state index is 14.0. The van der Waals surface area contributed by atoms with Crippen LogP contribution in [0.15, 0.2) is 30.5 Å². The van der Waals surface area contributed by atoms with Crippen LogP contribution < -0.4 is 0 Å². The summed E-state index contributed by atoms with van der Waals surface area (Å²) in [6, 6.07) is 6.10. The molecule has 3 nitrogen and oxygen atoms in total. The standard InChI is InChI=1S/C16H12ClF3N2O/c17-14-5-9(8-22-16(14)20)13(7-21)11(3-4-23)12-6-10(18)1-2-15(12)19/h1-2,5-6,8,11,13,23H,3-4H2/t11-,13-/m0/s1. The quantitative estimate of drug-likeness (QED) is 0.839. The molecule has 0 saturated heterocycles. The second-order valence-electron chi connectivity index (χ2n) is 4.93. The summed E-state index contributed by atoms with van der Waals surface area (Å²) in [4.78, 5) is 3.44. The Kier molecular flexibility index (Phi) is 5.59. The molecule has 1 aromatic carbocycles. The zero-order valence-electron chi connectivity index (χ0n) is 11.8. The lowest BCUT2D eigenvalue weighted by Gasteiger charge is -2.22. The van der Waals surface area contributed by atoms with Crippen LogP contribution in [0.1, 0.15) is 29.4 Å². The van der Waals surface area contributed by atoms with Gasteiger partial charge in [-0.3, -0.25) is 0 Å². The molecule has 0 aliphatic heterocycles. The SMILES string of the molecule is N#C[C@@H](c1cnc(F)c(Cl)c1)[C@@H](CCO)c1cc(F)ccc1F. The Hall–Kier alpha value is -2.10. The van der Waals surface area contributed by atoms with E-state index in [4.69, 9.17) is 11.6 Å². The van der Waals surface area contributed by atoms with Gasteiger partial charge in [0.15, 0.2) is 0 Å². The maximum Gasteiger partial charge on any atom is 0.231 e. The lowest BCUT2D eigenvalue weighted by molar-refractivity contribution is 0.270. The Morgan fingerprint density at radius 3 is 2.61 bits per heavy atom. The van der Waals surface area contributed by atoms with Crippen molar-refractivity contribution in [3.8, 4) is 6.07 Å². The van der Waals surface area contributed by atoms with Crippen molar-refractivity contribution in [1.29, 1.82) is 5.26 Å². The van der Waals surface area contributed by atoms with Crippen LogP contribution in [0, 0.1) is 28.9 Å². The fourth-order valence-corrected chi connectivity index (χ4v) is 2.62. The van der Waals surface area contributed by atoms with Gasteiger partial charge in [-0.25, -0.2) is 13.8 Å². The van der Waals surface area contributed by atoms with Gasteiger partial charge in [0.1, 0.15) is 11.6 Å². The van der Waals surface area contributed by atoms with Gasteiger partial charge in [0.25, 0.3) is 0 Å². The molecule has 120 valence electrons. The third kappa shape index (κ3) is 3.81. The van der Waals surface area contributed by atoms with E-state index in [1.165, 1.54) is 6.07 Å². The first-order chi connectivity index (χ1) is 11.0. The van der Waals surface area contributed by atoms with E-state index in [0.717, 1.165) is 24.4 Å². The lowest BCUT2D eigenvalue weighted by atomic mass is 9.80. The number of rotatable bonds is 5. The molecular formula is C16H12ClF3N2O. The summed E-state index contributed by atoms with van der Waals surface area (Å²) in [5.41, 5.74) is 0.229. The summed E-state index contributed by atoms with van der Waals surface area (Å²) < 4.78 is 40.7. The van der Waals surface area contributed by atoms with Crippen LogP contribution in [0.2, 0.25) is 5.02 Å². The van der Waals surface area contributed by atoms with Crippen LogP contribution in [-0.2, 0) is 0 Å². The van der Waals surface area contributed by atoms with Crippen molar-refractivity contribution in [3.63, 3.8) is 0 Å². The normalized spacial score (nSPS) is 13.4. The van der Waals surface area contributed by atoms with E-state index in [9.17, 15) is 23.5 Å². The number of hydrogen-bond donors (Lipinski definition) is 1. The predicted octanol–water partition coefficient (Wildman–Crippen LogP) is 3.93. The van der Waals surface area contributed by atoms with Gasteiger partial charge in [0, 0.05) is 18.7 Å². The van der Waals surface area contributed by atoms with Gasteiger partial charge in [0.05, 0.1) is 17.0 Å². The highest BCUT2D eigenvalue weighted by Crippen LogP contribution is 2.37. The fraction of sp³-hybridized carbons (Fsp3) is 0.250. The average Bonchev–Trinajstić information content (AvgIpc) is 2.53. The van der Waals surface area contributed by atoms with Gasteiger partial charge in [-0.15, -0.1) is 0 Å². The first-order valence-corrected chi connectivity index (χ1v) is 7.12. The van der Waals surface area contributed by atoms with Crippen LogP contribution in [0.4, 0.5) is 13.2 Å².